The maximum absolute atomic E-state index is 12.3. The van der Waals surface area contributed by atoms with Gasteiger partial charge in [0.05, 0.1) is 0 Å². The Morgan fingerprint density at radius 3 is 2.46 bits per heavy atom. The molecule has 9 heteroatoms. The van der Waals surface area contributed by atoms with Crippen LogP contribution in [0.5, 0.6) is 5.75 Å². The van der Waals surface area contributed by atoms with Crippen LogP contribution in [-0.2, 0) is 0 Å². The lowest BCUT2D eigenvalue weighted by Gasteiger charge is -2.36. The number of aromatic nitrogens is 1. The highest BCUT2D eigenvalue weighted by Gasteiger charge is 2.31. The summed E-state index contributed by atoms with van der Waals surface area (Å²) in [4.78, 5) is 3.92. The molecular formula is C15H13F3N4O2. The fraction of sp³-hybridized carbons (Fsp3) is 0.333. The van der Waals surface area contributed by atoms with Gasteiger partial charge in [-0.3, -0.25) is 0 Å². The van der Waals surface area contributed by atoms with E-state index in [1.165, 1.54) is 18.2 Å². The van der Waals surface area contributed by atoms with Crippen LogP contribution in [0.3, 0.4) is 0 Å². The van der Waals surface area contributed by atoms with Gasteiger partial charge >= 0.3 is 6.36 Å². The molecule has 126 valence electrons. The van der Waals surface area contributed by atoms with Crippen LogP contribution in [0.25, 0.3) is 0 Å². The zero-order valence-electron chi connectivity index (χ0n) is 12.5. The predicted octanol–water partition coefficient (Wildman–Crippen LogP) is 2.77. The first-order valence-electron chi connectivity index (χ1n) is 7.17. The first-order chi connectivity index (χ1) is 11.4. The van der Waals surface area contributed by atoms with Crippen molar-refractivity contribution >= 4 is 11.5 Å². The van der Waals surface area contributed by atoms with Crippen LogP contribution >= 0.6 is 0 Å². The molecule has 0 amide bonds. The van der Waals surface area contributed by atoms with E-state index >= 15 is 0 Å². The number of nitriles is 1. The molecule has 0 atom stereocenters. The number of halogens is 3. The quantitative estimate of drug-likeness (QED) is 0.857. The lowest BCUT2D eigenvalue weighted by Crippen LogP contribution is -2.46. The Balaban J connectivity index is 1.64. The minimum Gasteiger partial charge on any atom is -0.406 e. The van der Waals surface area contributed by atoms with Crippen LogP contribution in [0, 0.1) is 11.3 Å². The summed E-state index contributed by atoms with van der Waals surface area (Å²) in [7, 11) is 0. The lowest BCUT2D eigenvalue weighted by atomic mass is 10.2. The summed E-state index contributed by atoms with van der Waals surface area (Å²) >= 11 is 0. The standard InChI is InChI=1S/C15H13F3N4O2/c16-15(17,18)23-12-3-1-2-11(8-12)21-4-6-22(7-5-21)14-9-13(10-19)24-20-14/h1-3,8-9H,4-7H2. The molecule has 1 aromatic carbocycles. The van der Waals surface area contributed by atoms with Gasteiger partial charge in [-0.1, -0.05) is 11.2 Å². The summed E-state index contributed by atoms with van der Waals surface area (Å²) in [5.74, 6) is 0.488. The van der Waals surface area contributed by atoms with Crippen molar-refractivity contribution in [3.8, 4) is 11.8 Å². The van der Waals surface area contributed by atoms with Gasteiger partial charge < -0.3 is 19.1 Å². The number of rotatable bonds is 3. The molecule has 0 radical (unpaired) electrons. The summed E-state index contributed by atoms with van der Waals surface area (Å²) in [5, 5.41) is 12.6. The molecule has 1 saturated heterocycles. The zero-order chi connectivity index (χ0) is 17.2. The Hall–Kier alpha value is -2.89. The average molecular weight is 338 g/mol. The number of nitrogens with zero attached hydrogens (tertiary/aromatic N) is 4. The molecule has 1 aliphatic rings. The van der Waals surface area contributed by atoms with E-state index in [0.717, 1.165) is 0 Å². The Labute approximate surface area is 135 Å². The number of alkyl halides is 3. The summed E-state index contributed by atoms with van der Waals surface area (Å²) in [5.41, 5.74) is 0.661. The average Bonchev–Trinajstić information content (AvgIpc) is 3.03. The summed E-state index contributed by atoms with van der Waals surface area (Å²) in [6, 6.07) is 9.34. The third-order valence-corrected chi connectivity index (χ3v) is 3.63. The molecule has 0 spiro atoms. The van der Waals surface area contributed by atoms with Gasteiger partial charge in [0.25, 0.3) is 0 Å². The van der Waals surface area contributed by atoms with Crippen LogP contribution in [0.2, 0.25) is 0 Å². The van der Waals surface area contributed by atoms with Crippen molar-refractivity contribution in [2.45, 2.75) is 6.36 Å². The molecule has 1 aromatic heterocycles. The summed E-state index contributed by atoms with van der Waals surface area (Å²) in [6.07, 6.45) is -4.71. The normalized spacial score (nSPS) is 15.2. The second-order valence-electron chi connectivity index (χ2n) is 5.18. The molecule has 0 aliphatic carbocycles. The minimum atomic E-state index is -4.71. The third kappa shape index (κ3) is 3.71. The molecule has 3 rings (SSSR count). The van der Waals surface area contributed by atoms with Gasteiger partial charge in [0.1, 0.15) is 11.8 Å². The van der Waals surface area contributed by atoms with Crippen molar-refractivity contribution in [3.63, 3.8) is 0 Å². The number of hydrogen-bond donors (Lipinski definition) is 0. The second-order valence-corrected chi connectivity index (χ2v) is 5.18. The summed E-state index contributed by atoms with van der Waals surface area (Å²) in [6.45, 7) is 2.43. The zero-order valence-corrected chi connectivity index (χ0v) is 12.5. The van der Waals surface area contributed by atoms with E-state index in [1.54, 1.807) is 12.1 Å². The predicted molar refractivity (Wildman–Crippen MR) is 78.8 cm³/mol. The number of anilines is 2. The highest BCUT2D eigenvalue weighted by Crippen LogP contribution is 2.27. The molecule has 0 unspecified atom stereocenters. The van der Waals surface area contributed by atoms with E-state index in [2.05, 4.69) is 9.89 Å². The molecule has 0 bridgehead atoms. The number of benzene rings is 1. The molecule has 1 fully saturated rings. The smallest absolute Gasteiger partial charge is 0.406 e. The van der Waals surface area contributed by atoms with Crippen molar-refractivity contribution in [2.24, 2.45) is 0 Å². The maximum atomic E-state index is 12.3. The molecule has 1 aliphatic heterocycles. The Morgan fingerprint density at radius 1 is 1.12 bits per heavy atom. The largest absolute Gasteiger partial charge is 0.573 e. The van der Waals surface area contributed by atoms with Gasteiger partial charge in [-0.05, 0) is 12.1 Å². The highest BCUT2D eigenvalue weighted by molar-refractivity contribution is 5.53. The highest BCUT2D eigenvalue weighted by atomic mass is 19.4. The van der Waals surface area contributed by atoms with Crippen LogP contribution in [0.4, 0.5) is 24.7 Å². The number of hydrogen-bond acceptors (Lipinski definition) is 6. The van der Waals surface area contributed by atoms with E-state index in [4.69, 9.17) is 9.78 Å². The van der Waals surface area contributed by atoms with Crippen LogP contribution in [0.1, 0.15) is 5.76 Å². The van der Waals surface area contributed by atoms with Gasteiger partial charge in [0, 0.05) is 44.0 Å². The molecule has 6 nitrogen and oxygen atoms in total. The van der Waals surface area contributed by atoms with E-state index in [0.29, 0.717) is 37.7 Å². The van der Waals surface area contributed by atoms with Crippen molar-refractivity contribution < 1.29 is 22.4 Å². The Morgan fingerprint density at radius 2 is 1.83 bits per heavy atom. The molecular weight excluding hydrogens is 325 g/mol. The van der Waals surface area contributed by atoms with Crippen molar-refractivity contribution in [3.05, 3.63) is 36.1 Å². The first-order valence-corrected chi connectivity index (χ1v) is 7.17. The minimum absolute atomic E-state index is 0.143. The van der Waals surface area contributed by atoms with Crippen LogP contribution in [-0.4, -0.2) is 37.7 Å². The second kappa shape index (κ2) is 6.31. The van der Waals surface area contributed by atoms with Crippen molar-refractivity contribution in [1.29, 1.82) is 5.26 Å². The topological polar surface area (TPSA) is 65.5 Å². The molecule has 0 saturated carbocycles. The fourth-order valence-corrected chi connectivity index (χ4v) is 2.54. The first kappa shape index (κ1) is 16.0. The lowest BCUT2D eigenvalue weighted by molar-refractivity contribution is -0.274. The van der Waals surface area contributed by atoms with Gasteiger partial charge in [0.15, 0.2) is 5.82 Å². The third-order valence-electron chi connectivity index (χ3n) is 3.63. The monoisotopic (exact) mass is 338 g/mol. The number of ether oxygens (including phenoxy) is 1. The number of piperazine rings is 1. The molecule has 0 N–H and O–H groups in total. The Bertz CT molecular complexity index is 746. The van der Waals surface area contributed by atoms with E-state index < -0.39 is 6.36 Å². The molecule has 2 aromatic rings. The molecule has 2 heterocycles. The van der Waals surface area contributed by atoms with Gasteiger partial charge in [-0.15, -0.1) is 13.2 Å². The van der Waals surface area contributed by atoms with Crippen LogP contribution < -0.4 is 14.5 Å². The fourth-order valence-electron chi connectivity index (χ4n) is 2.54. The Kier molecular flexibility index (Phi) is 4.20. The van der Waals surface area contributed by atoms with Gasteiger partial charge in [0.2, 0.25) is 5.76 Å². The van der Waals surface area contributed by atoms with Crippen molar-refractivity contribution in [1.82, 2.24) is 5.16 Å². The van der Waals surface area contributed by atoms with Crippen LogP contribution in [0.15, 0.2) is 34.9 Å². The van der Waals surface area contributed by atoms with Gasteiger partial charge in [-0.2, -0.15) is 5.26 Å². The maximum Gasteiger partial charge on any atom is 0.573 e. The van der Waals surface area contributed by atoms with Crippen molar-refractivity contribution in [2.75, 3.05) is 36.0 Å². The van der Waals surface area contributed by atoms with E-state index in [9.17, 15) is 13.2 Å². The SMILES string of the molecule is N#Cc1cc(N2CCN(c3cccc(OC(F)(F)F)c3)CC2)no1. The van der Waals surface area contributed by atoms with Gasteiger partial charge in [-0.25, -0.2) is 0 Å². The van der Waals surface area contributed by atoms with E-state index in [-0.39, 0.29) is 11.5 Å². The molecule has 24 heavy (non-hydrogen) atoms. The van der Waals surface area contributed by atoms with E-state index in [1.807, 2.05) is 15.9 Å². The summed E-state index contributed by atoms with van der Waals surface area (Å²) < 4.78 is 45.7.